The predicted molar refractivity (Wildman–Crippen MR) is 288 cm³/mol. The second-order valence-electron chi connectivity index (χ2n) is 19.9. The van der Waals surface area contributed by atoms with Crippen molar-refractivity contribution in [2.75, 3.05) is 82.5 Å². The highest BCUT2D eigenvalue weighted by molar-refractivity contribution is 5.75. The lowest BCUT2D eigenvalue weighted by Gasteiger charge is -2.26. The van der Waals surface area contributed by atoms with E-state index in [1.165, 1.54) is 0 Å². The van der Waals surface area contributed by atoms with E-state index < -0.39 is 10.9 Å². The fourth-order valence-corrected chi connectivity index (χ4v) is 8.84. The molecule has 1 rings (SSSR count). The number of hydrogen-bond acceptors (Lipinski definition) is 14. The molecule has 0 aliphatic carbocycles. The van der Waals surface area contributed by atoms with E-state index >= 15 is 0 Å². The van der Waals surface area contributed by atoms with Crippen LogP contribution in [-0.4, -0.2) is 106 Å². The van der Waals surface area contributed by atoms with Gasteiger partial charge in [-0.05, 0) is 84.3 Å². The number of aliphatic hydroxyl groups excluding tert-OH is 1. The Morgan fingerprint density at radius 3 is 1.14 bits per heavy atom. The van der Waals surface area contributed by atoms with Gasteiger partial charge in [-0.15, -0.1) is 0 Å². The lowest BCUT2D eigenvalue weighted by atomic mass is 10.0. The zero-order valence-electron chi connectivity index (χ0n) is 45.8. The number of nitrogens with one attached hydrogen (secondary N) is 1. The second kappa shape index (κ2) is 45.1. The first kappa shape index (κ1) is 65.5. The van der Waals surface area contributed by atoms with Crippen LogP contribution in [0.4, 0.5) is 11.4 Å². The molecule has 2 N–H and O–H groups in total. The molecule has 14 nitrogen and oxygen atoms in total. The van der Waals surface area contributed by atoms with Crippen molar-refractivity contribution < 1.29 is 43.2 Å². The third-order valence-corrected chi connectivity index (χ3v) is 13.4. The van der Waals surface area contributed by atoms with Gasteiger partial charge in [0.1, 0.15) is 11.4 Å². The minimum Gasteiger partial charge on any atom is -0.465 e. The third-order valence-electron chi connectivity index (χ3n) is 13.4. The molecule has 71 heavy (non-hydrogen) atoms. The van der Waals surface area contributed by atoms with Crippen LogP contribution in [0.2, 0.25) is 0 Å². The Morgan fingerprint density at radius 2 is 0.803 bits per heavy atom. The van der Waals surface area contributed by atoms with Gasteiger partial charge in [0.15, 0.2) is 0 Å². The minimum absolute atomic E-state index is 0.0957. The fourth-order valence-electron chi connectivity index (χ4n) is 8.84. The number of anilines is 2. The predicted octanol–water partition coefficient (Wildman–Crippen LogP) is 11.4. The number of carbonyl (C=O) groups excluding carboxylic acids is 4. The summed E-state index contributed by atoms with van der Waals surface area (Å²) in [7, 11) is 0. The summed E-state index contributed by atoms with van der Waals surface area (Å²) in [5.74, 6) is -0.990. The Hall–Kier alpha value is -3.52. The molecule has 0 spiro atoms. The molecule has 0 saturated heterocycles. The van der Waals surface area contributed by atoms with Gasteiger partial charge in [-0.1, -0.05) is 143 Å². The Morgan fingerprint density at radius 1 is 0.451 bits per heavy atom. The summed E-state index contributed by atoms with van der Waals surface area (Å²) in [5.41, 5.74) is -0.386. The largest absolute Gasteiger partial charge is 0.465 e. The van der Waals surface area contributed by atoms with E-state index in [4.69, 9.17) is 18.9 Å². The SMILES string of the molecule is CCCCCCCC(=O)OCC(CCCCN(CCCCC(COC(=O)CCCCCCC)COC(=O)CCCCCCC)CCCNc1c(N(CC)CCO)c(=O)c1=O)COC(=O)CCCCCCC. The van der Waals surface area contributed by atoms with Gasteiger partial charge in [0.2, 0.25) is 0 Å². The summed E-state index contributed by atoms with van der Waals surface area (Å²) in [5, 5.41) is 12.7. The zero-order valence-corrected chi connectivity index (χ0v) is 45.8. The van der Waals surface area contributed by atoms with E-state index in [2.05, 4.69) is 37.9 Å². The Bertz CT molecular complexity index is 1430. The van der Waals surface area contributed by atoms with Crippen molar-refractivity contribution in [3.05, 3.63) is 20.4 Å². The van der Waals surface area contributed by atoms with Gasteiger partial charge in [-0.2, -0.15) is 0 Å². The van der Waals surface area contributed by atoms with Crippen molar-refractivity contribution >= 4 is 35.3 Å². The average molecular weight is 1010 g/mol. The van der Waals surface area contributed by atoms with Gasteiger partial charge < -0.3 is 39.2 Å². The molecule has 1 aromatic rings. The molecule has 412 valence electrons. The number of esters is 4. The summed E-state index contributed by atoms with van der Waals surface area (Å²) in [6.45, 7) is 15.0. The molecule has 0 amide bonds. The van der Waals surface area contributed by atoms with E-state index in [1.54, 1.807) is 4.90 Å². The minimum atomic E-state index is -0.525. The summed E-state index contributed by atoms with van der Waals surface area (Å²) in [6, 6.07) is 0. The first-order valence-corrected chi connectivity index (χ1v) is 28.8. The summed E-state index contributed by atoms with van der Waals surface area (Å²) in [6.07, 6.45) is 28.3. The maximum absolute atomic E-state index is 12.7. The molecular formula is C57H103N3O11. The van der Waals surface area contributed by atoms with Crippen LogP contribution in [0.5, 0.6) is 0 Å². The van der Waals surface area contributed by atoms with Crippen molar-refractivity contribution in [2.45, 2.75) is 234 Å². The molecule has 1 aromatic carbocycles. The number of nitrogens with zero attached hydrogens (tertiary/aromatic N) is 2. The number of ether oxygens (including phenoxy) is 4. The number of rotatable bonds is 51. The fraction of sp³-hybridized carbons (Fsp3) is 0.860. The molecule has 0 unspecified atom stereocenters. The Kier molecular flexibility index (Phi) is 41.6. The summed E-state index contributed by atoms with van der Waals surface area (Å²) in [4.78, 5) is 79.9. The van der Waals surface area contributed by atoms with E-state index in [1.807, 2.05) is 6.92 Å². The van der Waals surface area contributed by atoms with Crippen LogP contribution in [0.25, 0.3) is 0 Å². The molecular weight excluding hydrogens is 903 g/mol. The molecule has 0 heterocycles. The van der Waals surface area contributed by atoms with E-state index in [9.17, 15) is 33.9 Å². The van der Waals surface area contributed by atoms with Crippen molar-refractivity contribution in [3.63, 3.8) is 0 Å². The van der Waals surface area contributed by atoms with Crippen LogP contribution < -0.4 is 21.1 Å². The Labute approximate surface area is 430 Å². The number of hydrogen-bond donors (Lipinski definition) is 2. The highest BCUT2D eigenvalue weighted by atomic mass is 16.6. The maximum Gasteiger partial charge on any atom is 0.305 e. The Balaban J connectivity index is 3.00. The molecule has 0 atom stereocenters. The van der Waals surface area contributed by atoms with Gasteiger partial charge in [0.05, 0.1) is 33.0 Å². The van der Waals surface area contributed by atoms with Gasteiger partial charge in [-0.25, -0.2) is 0 Å². The molecule has 0 saturated carbocycles. The number of aliphatic hydroxyl groups is 1. The third kappa shape index (κ3) is 33.8. The van der Waals surface area contributed by atoms with Gasteiger partial charge in [-0.3, -0.25) is 28.8 Å². The monoisotopic (exact) mass is 1010 g/mol. The van der Waals surface area contributed by atoms with Crippen LogP contribution in [0, 0.1) is 11.8 Å². The maximum atomic E-state index is 12.7. The molecule has 0 aromatic heterocycles. The number of likely N-dealkylation sites (N-methyl/N-ethyl adjacent to an activating group) is 1. The quantitative estimate of drug-likeness (QED) is 0.0273. The highest BCUT2D eigenvalue weighted by Crippen LogP contribution is 2.21. The normalized spacial score (nSPS) is 11.5. The molecule has 0 aliphatic heterocycles. The molecule has 0 bridgehead atoms. The lowest BCUT2D eigenvalue weighted by Crippen LogP contribution is -2.43. The van der Waals surface area contributed by atoms with Crippen LogP contribution in [0.15, 0.2) is 9.59 Å². The van der Waals surface area contributed by atoms with Crippen molar-refractivity contribution in [3.8, 4) is 0 Å². The van der Waals surface area contributed by atoms with E-state index in [-0.39, 0.29) is 75.3 Å². The van der Waals surface area contributed by atoms with Gasteiger partial charge >= 0.3 is 23.9 Å². The number of unbranched alkanes of at least 4 members (excludes halogenated alkanes) is 18. The second-order valence-corrected chi connectivity index (χ2v) is 19.9. The summed E-state index contributed by atoms with van der Waals surface area (Å²) < 4.78 is 23.0. The van der Waals surface area contributed by atoms with E-state index in [0.29, 0.717) is 50.1 Å². The van der Waals surface area contributed by atoms with E-state index in [0.717, 1.165) is 193 Å². The van der Waals surface area contributed by atoms with Crippen molar-refractivity contribution in [1.82, 2.24) is 4.90 Å². The zero-order chi connectivity index (χ0) is 52.2. The van der Waals surface area contributed by atoms with Crippen LogP contribution in [0.1, 0.15) is 234 Å². The molecule has 0 fully saturated rings. The molecule has 0 radical (unpaired) electrons. The molecule has 0 aliphatic rings. The lowest BCUT2D eigenvalue weighted by molar-refractivity contribution is -0.151. The molecule has 14 heteroatoms. The standard InChI is InChI=1S/C57H103N3O11/c1-6-11-15-19-23-34-50(62)68-44-48(45-69-51(63)35-24-20-16-12-7-2)32-27-29-39-59(41-31-38-58-54-55(57(67)56(54)66)60(10-5)42-43-61)40-30-28-33-49(46-70-52(64)36-25-21-17-13-8-3)47-71-53(65)37-26-22-18-14-9-4/h48-49,58,61H,6-47H2,1-5H3. The van der Waals surface area contributed by atoms with Crippen LogP contribution in [0.3, 0.4) is 0 Å². The first-order valence-electron chi connectivity index (χ1n) is 28.8. The van der Waals surface area contributed by atoms with Crippen molar-refractivity contribution in [1.29, 1.82) is 0 Å². The average Bonchev–Trinajstić information content (AvgIpc) is 3.37. The first-order chi connectivity index (χ1) is 34.5. The summed E-state index contributed by atoms with van der Waals surface area (Å²) >= 11 is 0. The smallest absolute Gasteiger partial charge is 0.305 e. The highest BCUT2D eigenvalue weighted by Gasteiger charge is 2.25. The van der Waals surface area contributed by atoms with Crippen LogP contribution >= 0.6 is 0 Å². The van der Waals surface area contributed by atoms with Crippen LogP contribution in [-0.2, 0) is 38.1 Å². The topological polar surface area (TPSA) is 178 Å². The van der Waals surface area contributed by atoms with Crippen molar-refractivity contribution in [2.24, 2.45) is 11.8 Å². The number of carbonyl (C=O) groups is 4. The van der Waals surface area contributed by atoms with Gasteiger partial charge in [0.25, 0.3) is 10.9 Å². The van der Waals surface area contributed by atoms with Gasteiger partial charge in [0, 0.05) is 57.2 Å².